The number of benzene rings is 4. The van der Waals surface area contributed by atoms with E-state index >= 15 is 0 Å². The van der Waals surface area contributed by atoms with Crippen molar-refractivity contribution in [3.05, 3.63) is 113 Å². The van der Waals surface area contributed by atoms with Gasteiger partial charge in [0.2, 0.25) is 0 Å². The zero-order valence-corrected chi connectivity index (χ0v) is 24.7. The topological polar surface area (TPSA) is 83.7 Å². The highest BCUT2D eigenvalue weighted by molar-refractivity contribution is 7.99. The van der Waals surface area contributed by atoms with Crippen LogP contribution in [0.3, 0.4) is 0 Å². The molecule has 4 aromatic carbocycles. The van der Waals surface area contributed by atoms with Crippen LogP contribution < -0.4 is 25.1 Å². The van der Waals surface area contributed by atoms with Gasteiger partial charge >= 0.3 is 0 Å². The third-order valence-electron chi connectivity index (χ3n) is 7.07. The van der Waals surface area contributed by atoms with Crippen molar-refractivity contribution >= 4 is 39.9 Å². The average molecular weight is 580 g/mol. The highest BCUT2D eigenvalue weighted by atomic mass is 32.2. The highest BCUT2D eigenvalue weighted by Crippen LogP contribution is 2.31. The number of rotatable bonds is 11. The van der Waals surface area contributed by atoms with Crippen LogP contribution in [-0.2, 0) is 0 Å². The van der Waals surface area contributed by atoms with E-state index in [4.69, 9.17) is 9.47 Å². The Morgan fingerprint density at radius 3 is 2.40 bits per heavy atom. The summed E-state index contributed by atoms with van der Waals surface area (Å²) in [4.78, 5) is 32.9. The average Bonchev–Trinajstić information content (AvgIpc) is 3.03. The Morgan fingerprint density at radius 2 is 1.67 bits per heavy atom. The number of methoxy groups -OCH3 is 2. The molecule has 0 spiro atoms. The number of carbonyl (C=O) groups excluding carboxylic acids is 1. The number of thioether (sulfide) groups is 1. The van der Waals surface area contributed by atoms with Gasteiger partial charge < -0.3 is 24.7 Å². The molecule has 5 aromatic rings. The van der Waals surface area contributed by atoms with Crippen molar-refractivity contribution in [3.63, 3.8) is 0 Å². The van der Waals surface area contributed by atoms with E-state index in [-0.39, 0.29) is 11.3 Å². The minimum atomic E-state index is -0.276. The molecule has 0 atom stereocenters. The van der Waals surface area contributed by atoms with Crippen LogP contribution in [0.25, 0.3) is 22.0 Å². The molecule has 0 saturated heterocycles. The summed E-state index contributed by atoms with van der Waals surface area (Å²) in [6.07, 6.45) is 2.67. The normalized spacial score (nSPS) is 10.8. The van der Waals surface area contributed by atoms with Crippen LogP contribution in [0.1, 0.15) is 16.8 Å². The van der Waals surface area contributed by atoms with Crippen molar-refractivity contribution in [1.29, 1.82) is 0 Å². The van der Waals surface area contributed by atoms with Gasteiger partial charge in [-0.2, -0.15) is 0 Å². The minimum absolute atomic E-state index is 0.110. The Kier molecular flexibility index (Phi) is 9.14. The standard InChI is InChI=1S/C34H33N3O4S/c1-37(25-15-18-30(40-2)31(21-25)41-3)19-8-20-42-26-16-13-24(14-17-26)36-34(39)28-12-7-11-27-32(28)35-22-29(33(27)38)23-9-5-4-6-10-23/h4-7,9-18,21-22H,8,19-20H2,1-3H3,(H,35,38)(H,36,39). The minimum Gasteiger partial charge on any atom is -0.493 e. The van der Waals surface area contributed by atoms with Gasteiger partial charge in [0, 0.05) is 53.1 Å². The van der Waals surface area contributed by atoms with Crippen molar-refractivity contribution in [3.8, 4) is 22.6 Å². The van der Waals surface area contributed by atoms with E-state index in [1.807, 2.05) is 72.8 Å². The first-order valence-corrected chi connectivity index (χ1v) is 14.6. The summed E-state index contributed by atoms with van der Waals surface area (Å²) in [6.45, 7) is 0.899. The van der Waals surface area contributed by atoms with Crippen molar-refractivity contribution in [2.75, 3.05) is 43.8 Å². The molecular weight excluding hydrogens is 546 g/mol. The van der Waals surface area contributed by atoms with E-state index in [1.165, 1.54) is 0 Å². The van der Waals surface area contributed by atoms with Crippen LogP contribution >= 0.6 is 11.8 Å². The Hall–Kier alpha value is -4.69. The summed E-state index contributed by atoms with van der Waals surface area (Å²) in [5.74, 6) is 2.11. The molecule has 0 aliphatic heterocycles. The molecule has 0 bridgehead atoms. The van der Waals surface area contributed by atoms with E-state index in [1.54, 1.807) is 50.4 Å². The second kappa shape index (κ2) is 13.3. The maximum absolute atomic E-state index is 13.2. The van der Waals surface area contributed by atoms with Gasteiger partial charge in [-0.15, -0.1) is 11.8 Å². The first kappa shape index (κ1) is 28.8. The molecule has 0 aliphatic rings. The quantitative estimate of drug-likeness (QED) is 0.129. The summed E-state index contributed by atoms with van der Waals surface area (Å²) in [6, 6.07) is 28.4. The third-order valence-corrected chi connectivity index (χ3v) is 8.17. The van der Waals surface area contributed by atoms with Gasteiger partial charge in [-0.3, -0.25) is 9.59 Å². The van der Waals surface area contributed by atoms with Gasteiger partial charge in [0.1, 0.15) is 0 Å². The SMILES string of the molecule is COc1ccc(N(C)CCCSc2ccc(NC(=O)c3cccc4c(=O)c(-c5ccccc5)c[nH]c34)cc2)cc1OC. The lowest BCUT2D eigenvalue weighted by atomic mass is 10.0. The van der Waals surface area contributed by atoms with Gasteiger partial charge in [-0.25, -0.2) is 0 Å². The monoisotopic (exact) mass is 579 g/mol. The predicted molar refractivity (Wildman–Crippen MR) is 173 cm³/mol. The molecule has 1 aromatic heterocycles. The van der Waals surface area contributed by atoms with Gasteiger partial charge in [0.05, 0.1) is 25.3 Å². The number of aromatic amines is 1. The predicted octanol–water partition coefficient (Wildman–Crippen LogP) is 7.08. The lowest BCUT2D eigenvalue weighted by Gasteiger charge is -2.20. The van der Waals surface area contributed by atoms with Crippen LogP contribution in [0.2, 0.25) is 0 Å². The van der Waals surface area contributed by atoms with Crippen LogP contribution in [0.5, 0.6) is 11.5 Å². The number of H-pyrrole nitrogens is 1. The number of hydrogen-bond donors (Lipinski definition) is 2. The van der Waals surface area contributed by atoms with E-state index in [0.29, 0.717) is 39.2 Å². The number of carbonyl (C=O) groups is 1. The van der Waals surface area contributed by atoms with Gasteiger partial charge in [-0.1, -0.05) is 36.4 Å². The van der Waals surface area contributed by atoms with Crippen LogP contribution in [0.15, 0.2) is 107 Å². The Morgan fingerprint density at radius 1 is 0.905 bits per heavy atom. The van der Waals surface area contributed by atoms with E-state index in [9.17, 15) is 9.59 Å². The number of amides is 1. The maximum atomic E-state index is 13.2. The molecule has 8 heteroatoms. The van der Waals surface area contributed by atoms with Crippen molar-refractivity contribution in [1.82, 2.24) is 4.98 Å². The van der Waals surface area contributed by atoms with Crippen molar-refractivity contribution in [2.24, 2.45) is 0 Å². The van der Waals surface area contributed by atoms with Gasteiger partial charge in [0.15, 0.2) is 16.9 Å². The molecular formula is C34H33N3O4S. The summed E-state index contributed by atoms with van der Waals surface area (Å²) >= 11 is 1.77. The smallest absolute Gasteiger partial charge is 0.257 e. The fourth-order valence-electron chi connectivity index (χ4n) is 4.79. The molecule has 5 rings (SSSR count). The summed E-state index contributed by atoms with van der Waals surface area (Å²) in [7, 11) is 5.34. The number of fused-ring (bicyclic) bond motifs is 1. The lowest BCUT2D eigenvalue weighted by molar-refractivity contribution is 0.102. The number of ether oxygens (including phenoxy) is 2. The van der Waals surface area contributed by atoms with E-state index in [0.717, 1.165) is 34.9 Å². The molecule has 0 unspecified atom stereocenters. The molecule has 2 N–H and O–H groups in total. The number of nitrogens with zero attached hydrogens (tertiary/aromatic N) is 1. The fraction of sp³-hybridized carbons (Fsp3) is 0.176. The molecule has 42 heavy (non-hydrogen) atoms. The zero-order valence-electron chi connectivity index (χ0n) is 23.8. The second-order valence-electron chi connectivity index (χ2n) is 9.77. The van der Waals surface area contributed by atoms with E-state index in [2.05, 4.69) is 22.2 Å². The Bertz CT molecular complexity index is 1740. The molecule has 1 heterocycles. The van der Waals surface area contributed by atoms with Crippen LogP contribution in [0.4, 0.5) is 11.4 Å². The molecule has 7 nitrogen and oxygen atoms in total. The largest absolute Gasteiger partial charge is 0.493 e. The molecule has 0 saturated carbocycles. The number of hydrogen-bond acceptors (Lipinski definition) is 6. The van der Waals surface area contributed by atoms with Gasteiger partial charge in [-0.05, 0) is 66.3 Å². The van der Waals surface area contributed by atoms with Gasteiger partial charge in [0.25, 0.3) is 5.91 Å². The molecule has 0 radical (unpaired) electrons. The second-order valence-corrected chi connectivity index (χ2v) is 10.9. The van der Waals surface area contributed by atoms with E-state index < -0.39 is 0 Å². The number of nitrogens with one attached hydrogen (secondary N) is 2. The molecule has 214 valence electrons. The fourth-order valence-corrected chi connectivity index (χ4v) is 5.63. The first-order valence-electron chi connectivity index (χ1n) is 13.7. The molecule has 0 aliphatic carbocycles. The van der Waals surface area contributed by atoms with Crippen molar-refractivity contribution in [2.45, 2.75) is 11.3 Å². The Balaban J connectivity index is 1.17. The first-order chi connectivity index (χ1) is 20.5. The summed E-state index contributed by atoms with van der Waals surface area (Å²) in [5.41, 5.74) is 3.99. The Labute approximate surface area is 249 Å². The number of pyridine rings is 1. The highest BCUT2D eigenvalue weighted by Gasteiger charge is 2.15. The molecule has 1 amide bonds. The zero-order chi connectivity index (χ0) is 29.5. The maximum Gasteiger partial charge on any atom is 0.257 e. The molecule has 0 fully saturated rings. The lowest BCUT2D eigenvalue weighted by Crippen LogP contribution is -2.19. The van der Waals surface area contributed by atoms with Crippen LogP contribution in [-0.4, -0.2) is 44.5 Å². The number of aromatic nitrogens is 1. The third kappa shape index (κ3) is 6.44. The number of para-hydroxylation sites is 1. The summed E-state index contributed by atoms with van der Waals surface area (Å²) < 4.78 is 10.7. The van der Waals surface area contributed by atoms with Crippen molar-refractivity contribution < 1.29 is 14.3 Å². The summed E-state index contributed by atoms with van der Waals surface area (Å²) in [5, 5.41) is 3.44. The number of anilines is 2. The van der Waals surface area contributed by atoms with Crippen LogP contribution in [0, 0.1) is 0 Å².